The highest BCUT2D eigenvalue weighted by Crippen LogP contribution is 2.25. The molecule has 5 heteroatoms. The maximum Gasteiger partial charge on any atom is 0.331 e. The molecule has 1 aromatic heterocycles. The minimum Gasteiger partial charge on any atom is -0.452 e. The number of thiophene rings is 1. The van der Waals surface area contributed by atoms with Gasteiger partial charge in [-0.2, -0.15) is 0 Å². The first-order chi connectivity index (χ1) is 13.6. The summed E-state index contributed by atoms with van der Waals surface area (Å²) >= 11 is 1.57. The predicted octanol–water partition coefficient (Wildman–Crippen LogP) is 4.52. The summed E-state index contributed by atoms with van der Waals surface area (Å²) in [6.07, 6.45) is 2.99. The Kier molecular flexibility index (Phi) is 6.76. The molecular formula is C23H21NO3S. The van der Waals surface area contributed by atoms with Gasteiger partial charge in [0.25, 0.3) is 5.91 Å². The number of benzene rings is 2. The highest BCUT2D eigenvalue weighted by Gasteiger charge is 2.18. The second-order valence-corrected chi connectivity index (χ2v) is 7.26. The molecule has 0 unspecified atom stereocenters. The molecule has 0 radical (unpaired) electrons. The number of esters is 1. The fourth-order valence-corrected chi connectivity index (χ4v) is 3.45. The smallest absolute Gasteiger partial charge is 0.331 e. The van der Waals surface area contributed by atoms with Crippen LogP contribution < -0.4 is 5.32 Å². The maximum atomic E-state index is 12.3. The first-order valence-corrected chi connectivity index (χ1v) is 9.79. The van der Waals surface area contributed by atoms with Crippen LogP contribution in [0.15, 0.2) is 78.2 Å². The number of carbonyl (C=O) groups excluding carboxylic acids is 2. The lowest BCUT2D eigenvalue weighted by Crippen LogP contribution is -2.32. The Hall–Kier alpha value is -3.18. The van der Waals surface area contributed by atoms with E-state index in [9.17, 15) is 9.59 Å². The van der Waals surface area contributed by atoms with Crippen molar-refractivity contribution in [2.24, 2.45) is 0 Å². The molecule has 1 heterocycles. The van der Waals surface area contributed by atoms with Crippen molar-refractivity contribution in [2.75, 3.05) is 6.61 Å². The van der Waals surface area contributed by atoms with E-state index in [0.29, 0.717) is 0 Å². The van der Waals surface area contributed by atoms with Gasteiger partial charge in [-0.3, -0.25) is 4.79 Å². The Morgan fingerprint density at radius 3 is 2.46 bits per heavy atom. The Labute approximate surface area is 168 Å². The molecule has 0 aliphatic heterocycles. The molecule has 0 aliphatic carbocycles. The molecule has 28 heavy (non-hydrogen) atoms. The van der Waals surface area contributed by atoms with Crippen LogP contribution in [0.4, 0.5) is 0 Å². The summed E-state index contributed by atoms with van der Waals surface area (Å²) in [5.74, 6) is -0.901. The molecule has 3 rings (SSSR count). The summed E-state index contributed by atoms with van der Waals surface area (Å²) in [4.78, 5) is 25.2. The molecule has 1 N–H and O–H groups in total. The van der Waals surface area contributed by atoms with Crippen LogP contribution in [0.3, 0.4) is 0 Å². The van der Waals surface area contributed by atoms with Gasteiger partial charge in [0, 0.05) is 11.0 Å². The third-order valence-electron chi connectivity index (χ3n) is 4.10. The van der Waals surface area contributed by atoms with Crippen molar-refractivity contribution in [3.63, 3.8) is 0 Å². The van der Waals surface area contributed by atoms with Crippen LogP contribution in [0.5, 0.6) is 0 Å². The molecule has 2 aromatic carbocycles. The summed E-state index contributed by atoms with van der Waals surface area (Å²) in [5.41, 5.74) is 3.02. The third-order valence-corrected chi connectivity index (χ3v) is 5.04. The van der Waals surface area contributed by atoms with E-state index in [0.717, 1.165) is 21.6 Å². The molecule has 0 aliphatic rings. The van der Waals surface area contributed by atoms with Crippen LogP contribution in [0.25, 0.3) is 6.08 Å². The van der Waals surface area contributed by atoms with Gasteiger partial charge < -0.3 is 10.1 Å². The van der Waals surface area contributed by atoms with E-state index < -0.39 is 5.97 Å². The standard InChI is InChI=1S/C23H21NO3S/c1-17-9-11-18(12-10-17)13-14-22(26)27-16-21(25)24-23(20-8-5-15-28-20)19-6-3-2-4-7-19/h2-15,23H,16H2,1H3,(H,24,25)/b14-13+/t23-/m0/s1. The van der Waals surface area contributed by atoms with Crippen LogP contribution in [0.2, 0.25) is 0 Å². The molecule has 0 bridgehead atoms. The van der Waals surface area contributed by atoms with E-state index in [1.165, 1.54) is 6.08 Å². The van der Waals surface area contributed by atoms with Gasteiger partial charge in [0.15, 0.2) is 6.61 Å². The molecule has 142 valence electrons. The van der Waals surface area contributed by atoms with Gasteiger partial charge >= 0.3 is 5.97 Å². The number of hydrogen-bond acceptors (Lipinski definition) is 4. The molecule has 0 spiro atoms. The fourth-order valence-electron chi connectivity index (χ4n) is 2.65. The van der Waals surface area contributed by atoms with Gasteiger partial charge in [-0.15, -0.1) is 11.3 Å². The van der Waals surface area contributed by atoms with Crippen LogP contribution >= 0.6 is 11.3 Å². The van der Waals surface area contributed by atoms with Crippen molar-refractivity contribution in [1.29, 1.82) is 0 Å². The van der Waals surface area contributed by atoms with E-state index in [2.05, 4.69) is 5.32 Å². The number of carbonyl (C=O) groups is 2. The summed E-state index contributed by atoms with van der Waals surface area (Å²) in [5, 5.41) is 4.91. The van der Waals surface area contributed by atoms with E-state index in [-0.39, 0.29) is 18.6 Å². The summed E-state index contributed by atoms with van der Waals surface area (Å²) in [6.45, 7) is 1.67. The lowest BCUT2D eigenvalue weighted by molar-refractivity contribution is -0.143. The first kappa shape index (κ1) is 19.6. The van der Waals surface area contributed by atoms with Gasteiger partial charge in [-0.05, 0) is 35.6 Å². The van der Waals surface area contributed by atoms with E-state index >= 15 is 0 Å². The van der Waals surface area contributed by atoms with Gasteiger partial charge in [0.1, 0.15) is 0 Å². The number of amides is 1. The van der Waals surface area contributed by atoms with E-state index in [1.807, 2.05) is 79.0 Å². The fraction of sp³-hybridized carbons (Fsp3) is 0.130. The van der Waals surface area contributed by atoms with Crippen LogP contribution in [0.1, 0.15) is 27.6 Å². The Balaban J connectivity index is 1.56. The van der Waals surface area contributed by atoms with Crippen molar-refractivity contribution in [1.82, 2.24) is 5.32 Å². The minimum absolute atomic E-state index is 0.268. The van der Waals surface area contributed by atoms with Crippen molar-refractivity contribution in [3.05, 3.63) is 99.8 Å². The van der Waals surface area contributed by atoms with Crippen LogP contribution in [-0.2, 0) is 14.3 Å². The Morgan fingerprint density at radius 2 is 1.79 bits per heavy atom. The highest BCUT2D eigenvalue weighted by molar-refractivity contribution is 7.10. The molecular weight excluding hydrogens is 370 g/mol. The lowest BCUT2D eigenvalue weighted by atomic mass is 10.1. The quantitative estimate of drug-likeness (QED) is 0.476. The zero-order valence-corrected chi connectivity index (χ0v) is 16.3. The lowest BCUT2D eigenvalue weighted by Gasteiger charge is -2.18. The zero-order chi connectivity index (χ0) is 19.8. The second-order valence-electron chi connectivity index (χ2n) is 6.28. The average Bonchev–Trinajstić information content (AvgIpc) is 3.25. The molecule has 4 nitrogen and oxygen atoms in total. The van der Waals surface area contributed by atoms with Crippen molar-refractivity contribution < 1.29 is 14.3 Å². The van der Waals surface area contributed by atoms with Gasteiger partial charge in [0.05, 0.1) is 6.04 Å². The van der Waals surface area contributed by atoms with Gasteiger partial charge in [-0.25, -0.2) is 4.79 Å². The molecule has 1 amide bonds. The van der Waals surface area contributed by atoms with E-state index in [1.54, 1.807) is 17.4 Å². The van der Waals surface area contributed by atoms with Crippen LogP contribution in [0, 0.1) is 6.92 Å². The molecule has 0 saturated carbocycles. The summed E-state index contributed by atoms with van der Waals surface area (Å²) in [6, 6.07) is 21.1. The van der Waals surface area contributed by atoms with Crippen molar-refractivity contribution in [3.8, 4) is 0 Å². The summed E-state index contributed by atoms with van der Waals surface area (Å²) < 4.78 is 5.07. The number of ether oxygens (including phenoxy) is 1. The Bertz CT molecular complexity index is 932. The van der Waals surface area contributed by atoms with E-state index in [4.69, 9.17) is 4.74 Å². The van der Waals surface area contributed by atoms with Gasteiger partial charge in [-0.1, -0.05) is 66.2 Å². The van der Waals surface area contributed by atoms with Crippen molar-refractivity contribution >= 4 is 29.3 Å². The number of rotatable bonds is 7. The zero-order valence-electron chi connectivity index (χ0n) is 15.5. The first-order valence-electron chi connectivity index (χ1n) is 8.91. The predicted molar refractivity (Wildman–Crippen MR) is 112 cm³/mol. The number of hydrogen-bond donors (Lipinski definition) is 1. The van der Waals surface area contributed by atoms with Crippen molar-refractivity contribution in [2.45, 2.75) is 13.0 Å². The van der Waals surface area contributed by atoms with Gasteiger partial charge in [0.2, 0.25) is 0 Å². The normalized spacial score (nSPS) is 11.9. The van der Waals surface area contributed by atoms with Crippen LogP contribution in [-0.4, -0.2) is 18.5 Å². The molecule has 1 atom stereocenters. The molecule has 0 fully saturated rings. The molecule has 3 aromatic rings. The highest BCUT2D eigenvalue weighted by atomic mass is 32.1. The largest absolute Gasteiger partial charge is 0.452 e. The second kappa shape index (κ2) is 9.67. The number of nitrogens with one attached hydrogen (secondary N) is 1. The summed E-state index contributed by atoms with van der Waals surface area (Å²) in [7, 11) is 0. The third kappa shape index (κ3) is 5.66. The monoisotopic (exact) mass is 391 g/mol. The Morgan fingerprint density at radius 1 is 1.04 bits per heavy atom. The maximum absolute atomic E-state index is 12.3. The minimum atomic E-state index is -0.553. The topological polar surface area (TPSA) is 55.4 Å². The average molecular weight is 391 g/mol. The number of aryl methyl sites for hydroxylation is 1. The SMILES string of the molecule is Cc1ccc(/C=C/C(=O)OCC(=O)N[C@@H](c2ccccc2)c2cccs2)cc1. The molecule has 0 saturated heterocycles.